The maximum absolute atomic E-state index is 12.2. The lowest BCUT2D eigenvalue weighted by Crippen LogP contribution is -2.30. The van der Waals surface area contributed by atoms with Gasteiger partial charge in [-0.3, -0.25) is 14.9 Å². The molecule has 0 unspecified atom stereocenters. The highest BCUT2D eigenvalue weighted by molar-refractivity contribution is 5.96. The third-order valence-corrected chi connectivity index (χ3v) is 3.44. The summed E-state index contributed by atoms with van der Waals surface area (Å²) in [6.45, 7) is 2.23. The topological polar surface area (TPSA) is 130 Å². The lowest BCUT2D eigenvalue weighted by atomic mass is 10.2. The van der Waals surface area contributed by atoms with E-state index in [0.717, 1.165) is 12.1 Å². The van der Waals surface area contributed by atoms with Crippen LogP contribution in [0.5, 0.6) is 11.5 Å². The molecule has 2 heterocycles. The number of furan rings is 1. The van der Waals surface area contributed by atoms with Crippen LogP contribution in [0.4, 0.5) is 11.6 Å². The van der Waals surface area contributed by atoms with Crippen molar-refractivity contribution >= 4 is 23.4 Å². The summed E-state index contributed by atoms with van der Waals surface area (Å²) in [5.41, 5.74) is 0.441. The monoisotopic (exact) mass is 362 g/mol. The van der Waals surface area contributed by atoms with Crippen molar-refractivity contribution in [2.75, 3.05) is 18.5 Å². The summed E-state index contributed by atoms with van der Waals surface area (Å²) in [7, 11) is 0. The number of carbonyl (C=O) groups is 2. The van der Waals surface area contributed by atoms with Crippen LogP contribution in [0.1, 0.15) is 17.5 Å². The van der Waals surface area contributed by atoms with Gasteiger partial charge in [-0.25, -0.2) is 4.79 Å². The fourth-order valence-electron chi connectivity index (χ4n) is 2.17. The standard InChI is InChI=1S/C16H14N2O8/c1-9(25-16(20)12-4-5-14(26-12)18(21)22)15(19)17-10-2-3-11-13(8-10)24-7-6-23-11/h2-5,8-9H,6-7H2,1H3,(H,17,19)/t9-/m0/s1. The lowest BCUT2D eigenvalue weighted by Gasteiger charge is -2.19. The highest BCUT2D eigenvalue weighted by Crippen LogP contribution is 2.32. The van der Waals surface area contributed by atoms with Gasteiger partial charge in [-0.1, -0.05) is 0 Å². The summed E-state index contributed by atoms with van der Waals surface area (Å²) in [5, 5.41) is 13.1. The fraction of sp³-hybridized carbons (Fsp3) is 0.250. The molecule has 1 aromatic carbocycles. The van der Waals surface area contributed by atoms with Crippen LogP contribution in [-0.4, -0.2) is 36.1 Å². The molecule has 1 aliphatic rings. The van der Waals surface area contributed by atoms with Gasteiger partial charge in [0.15, 0.2) is 17.6 Å². The Bertz CT molecular complexity index is 860. The van der Waals surface area contributed by atoms with Crippen LogP contribution < -0.4 is 14.8 Å². The van der Waals surface area contributed by atoms with Gasteiger partial charge in [0.25, 0.3) is 5.91 Å². The number of benzene rings is 1. The molecule has 26 heavy (non-hydrogen) atoms. The van der Waals surface area contributed by atoms with Gasteiger partial charge in [0, 0.05) is 11.8 Å². The van der Waals surface area contributed by atoms with E-state index in [9.17, 15) is 19.7 Å². The number of fused-ring (bicyclic) bond motifs is 1. The van der Waals surface area contributed by atoms with Crippen molar-refractivity contribution in [1.82, 2.24) is 0 Å². The van der Waals surface area contributed by atoms with E-state index in [1.165, 1.54) is 6.92 Å². The van der Waals surface area contributed by atoms with Crippen LogP contribution in [0, 0.1) is 10.1 Å². The molecule has 10 heteroatoms. The number of hydrogen-bond acceptors (Lipinski definition) is 8. The minimum atomic E-state index is -1.15. The highest BCUT2D eigenvalue weighted by atomic mass is 16.7. The second kappa shape index (κ2) is 7.13. The van der Waals surface area contributed by atoms with Gasteiger partial charge in [0.05, 0.1) is 6.07 Å². The van der Waals surface area contributed by atoms with Crippen molar-refractivity contribution in [2.45, 2.75) is 13.0 Å². The van der Waals surface area contributed by atoms with Gasteiger partial charge >= 0.3 is 11.9 Å². The number of hydrogen-bond donors (Lipinski definition) is 1. The Labute approximate surface area is 146 Å². The Hall–Kier alpha value is -3.56. The number of rotatable bonds is 5. The van der Waals surface area contributed by atoms with Crippen LogP contribution in [0.3, 0.4) is 0 Å². The molecule has 0 radical (unpaired) electrons. The Morgan fingerprint density at radius 2 is 1.92 bits per heavy atom. The molecule has 1 amide bonds. The Kier molecular flexibility index (Phi) is 4.74. The maximum atomic E-state index is 12.2. The van der Waals surface area contributed by atoms with Crippen molar-refractivity contribution < 1.29 is 33.1 Å². The smallest absolute Gasteiger partial charge is 0.433 e. The summed E-state index contributed by atoms with van der Waals surface area (Å²) >= 11 is 0. The van der Waals surface area contributed by atoms with Gasteiger partial charge < -0.3 is 23.9 Å². The number of nitro groups is 1. The molecule has 10 nitrogen and oxygen atoms in total. The first kappa shape index (κ1) is 17.3. The summed E-state index contributed by atoms with van der Waals surface area (Å²) in [5.74, 6) is -1.45. The Morgan fingerprint density at radius 1 is 1.19 bits per heavy atom. The van der Waals surface area contributed by atoms with E-state index in [0.29, 0.717) is 30.4 Å². The van der Waals surface area contributed by atoms with Gasteiger partial charge in [-0.2, -0.15) is 0 Å². The molecular formula is C16H14N2O8. The lowest BCUT2D eigenvalue weighted by molar-refractivity contribution is -0.402. The second-order valence-corrected chi connectivity index (χ2v) is 5.29. The van der Waals surface area contributed by atoms with Crippen molar-refractivity contribution in [1.29, 1.82) is 0 Å². The molecule has 0 aliphatic carbocycles. The van der Waals surface area contributed by atoms with Crippen molar-refractivity contribution in [3.63, 3.8) is 0 Å². The predicted molar refractivity (Wildman–Crippen MR) is 86.3 cm³/mol. The van der Waals surface area contributed by atoms with E-state index in [1.807, 2.05) is 0 Å². The average molecular weight is 362 g/mol. The summed E-state index contributed by atoms with van der Waals surface area (Å²) in [6.07, 6.45) is -1.15. The summed E-state index contributed by atoms with van der Waals surface area (Å²) in [4.78, 5) is 33.8. The van der Waals surface area contributed by atoms with E-state index >= 15 is 0 Å². The number of nitrogens with one attached hydrogen (secondary N) is 1. The van der Waals surface area contributed by atoms with Crippen molar-refractivity contribution in [3.05, 3.63) is 46.2 Å². The van der Waals surface area contributed by atoms with E-state index in [1.54, 1.807) is 18.2 Å². The maximum Gasteiger partial charge on any atom is 0.433 e. The molecule has 3 rings (SSSR count). The normalized spacial score (nSPS) is 13.6. The number of esters is 1. The number of amides is 1. The number of nitrogens with zero attached hydrogens (tertiary/aromatic N) is 1. The van der Waals surface area contributed by atoms with Gasteiger partial charge in [-0.05, 0) is 25.1 Å². The zero-order valence-corrected chi connectivity index (χ0v) is 13.6. The molecule has 0 fully saturated rings. The van der Waals surface area contributed by atoms with E-state index in [-0.39, 0.29) is 5.76 Å². The highest BCUT2D eigenvalue weighted by Gasteiger charge is 2.24. The molecule has 1 aliphatic heterocycles. The molecule has 2 aromatic rings. The first-order valence-corrected chi connectivity index (χ1v) is 7.60. The van der Waals surface area contributed by atoms with Crippen molar-refractivity contribution in [3.8, 4) is 11.5 Å². The molecule has 0 saturated carbocycles. The Balaban J connectivity index is 1.60. The largest absolute Gasteiger partial charge is 0.486 e. The van der Waals surface area contributed by atoms with Crippen molar-refractivity contribution in [2.24, 2.45) is 0 Å². The third-order valence-electron chi connectivity index (χ3n) is 3.44. The summed E-state index contributed by atoms with van der Waals surface area (Å²) in [6, 6.07) is 7.00. The Morgan fingerprint density at radius 3 is 2.62 bits per heavy atom. The fourth-order valence-corrected chi connectivity index (χ4v) is 2.17. The van der Waals surface area contributed by atoms with Gasteiger partial charge in [0.2, 0.25) is 5.76 Å². The van der Waals surface area contributed by atoms with Gasteiger partial charge in [-0.15, -0.1) is 0 Å². The number of carbonyl (C=O) groups excluding carboxylic acids is 2. The first-order chi connectivity index (χ1) is 12.4. The molecule has 1 N–H and O–H groups in total. The van der Waals surface area contributed by atoms with E-state index < -0.39 is 28.8 Å². The SMILES string of the molecule is C[C@H](OC(=O)c1ccc([N+](=O)[O-])o1)C(=O)Nc1ccc2c(c1)OCCO2. The molecule has 0 saturated heterocycles. The molecule has 0 bridgehead atoms. The third kappa shape index (κ3) is 3.74. The predicted octanol–water partition coefficient (Wildman–Crippen LogP) is 2.14. The average Bonchev–Trinajstić information content (AvgIpc) is 3.12. The molecule has 0 spiro atoms. The molecule has 1 atom stereocenters. The molecule has 1 aromatic heterocycles. The minimum absolute atomic E-state index is 0.365. The molecule has 136 valence electrons. The van der Waals surface area contributed by atoms with Gasteiger partial charge in [0.1, 0.15) is 18.1 Å². The number of ether oxygens (including phenoxy) is 3. The second-order valence-electron chi connectivity index (χ2n) is 5.29. The zero-order valence-electron chi connectivity index (χ0n) is 13.6. The van der Waals surface area contributed by atoms with E-state index in [2.05, 4.69) is 5.32 Å². The van der Waals surface area contributed by atoms with Crippen LogP contribution in [-0.2, 0) is 9.53 Å². The minimum Gasteiger partial charge on any atom is -0.486 e. The zero-order chi connectivity index (χ0) is 18.7. The quantitative estimate of drug-likeness (QED) is 0.486. The van der Waals surface area contributed by atoms with E-state index in [4.69, 9.17) is 18.6 Å². The molecular weight excluding hydrogens is 348 g/mol. The summed E-state index contributed by atoms with van der Waals surface area (Å²) < 4.78 is 20.5. The van der Waals surface area contributed by atoms with Crippen LogP contribution >= 0.6 is 0 Å². The number of anilines is 1. The van der Waals surface area contributed by atoms with Crippen LogP contribution in [0.15, 0.2) is 34.7 Å². The van der Waals surface area contributed by atoms with Crippen LogP contribution in [0.2, 0.25) is 0 Å². The van der Waals surface area contributed by atoms with Crippen LogP contribution in [0.25, 0.3) is 0 Å². The first-order valence-electron chi connectivity index (χ1n) is 7.60.